The minimum absolute atomic E-state index is 0.0135. The third kappa shape index (κ3) is 5.27. The Labute approximate surface area is 167 Å². The molecular formula is C19H24F2N4O4. The zero-order valence-corrected chi connectivity index (χ0v) is 16.6. The van der Waals surface area contributed by atoms with Crippen LogP contribution in [0.5, 0.6) is 17.2 Å². The number of hydrogen-bond acceptors (Lipinski definition) is 6. The first-order valence-corrected chi connectivity index (χ1v) is 9.29. The van der Waals surface area contributed by atoms with Crippen LogP contribution in [0.15, 0.2) is 21.6 Å². The molecule has 2 aromatic rings. The number of guanidine groups is 1. The van der Waals surface area contributed by atoms with E-state index in [0.29, 0.717) is 36.1 Å². The number of nitrogens with zero attached hydrogens (tertiary/aromatic N) is 2. The number of ether oxygens (including phenoxy) is 3. The van der Waals surface area contributed by atoms with E-state index in [2.05, 4.69) is 25.5 Å². The maximum absolute atomic E-state index is 12.8. The van der Waals surface area contributed by atoms with Crippen LogP contribution in [0.1, 0.15) is 29.5 Å². The summed E-state index contributed by atoms with van der Waals surface area (Å²) >= 11 is 0. The summed E-state index contributed by atoms with van der Waals surface area (Å²) in [6.07, 6.45) is 0.718. The van der Waals surface area contributed by atoms with E-state index in [4.69, 9.17) is 14.0 Å². The van der Waals surface area contributed by atoms with Gasteiger partial charge in [-0.3, -0.25) is 0 Å². The number of aryl methyl sites for hydroxylation is 2. The average molecular weight is 410 g/mol. The van der Waals surface area contributed by atoms with Crippen LogP contribution in [0.25, 0.3) is 0 Å². The molecule has 0 amide bonds. The predicted molar refractivity (Wildman–Crippen MR) is 102 cm³/mol. The normalized spacial score (nSPS) is 13.1. The molecule has 1 aromatic heterocycles. The Balaban J connectivity index is 1.69. The fourth-order valence-electron chi connectivity index (χ4n) is 2.97. The van der Waals surface area contributed by atoms with Crippen LogP contribution in [-0.2, 0) is 13.0 Å². The SMILES string of the molecule is CCNC(=NCc1cc2c(cc1OC(F)F)OCO2)NCCc1c(C)noc1C. The van der Waals surface area contributed by atoms with E-state index >= 15 is 0 Å². The number of fused-ring (bicyclic) bond motifs is 1. The van der Waals surface area contributed by atoms with Crippen molar-refractivity contribution in [2.75, 3.05) is 19.9 Å². The fourth-order valence-corrected chi connectivity index (χ4v) is 2.97. The zero-order chi connectivity index (χ0) is 20.8. The van der Waals surface area contributed by atoms with Gasteiger partial charge in [-0.05, 0) is 33.3 Å². The lowest BCUT2D eigenvalue weighted by molar-refractivity contribution is -0.0505. The highest BCUT2D eigenvalue weighted by molar-refractivity contribution is 5.79. The van der Waals surface area contributed by atoms with Crippen LogP contribution in [0.2, 0.25) is 0 Å². The van der Waals surface area contributed by atoms with Gasteiger partial charge in [-0.15, -0.1) is 0 Å². The van der Waals surface area contributed by atoms with E-state index in [-0.39, 0.29) is 19.1 Å². The number of rotatable bonds is 8. The van der Waals surface area contributed by atoms with Crippen LogP contribution >= 0.6 is 0 Å². The standard InChI is InChI=1S/C19H24F2N4O4/c1-4-22-19(23-6-5-14-11(2)25-29-12(14)3)24-9-13-7-16-17(27-10-26-16)8-15(13)28-18(20)21/h7-8,18H,4-6,9-10H2,1-3H3,(H2,22,23,24). The van der Waals surface area contributed by atoms with Gasteiger partial charge in [0.05, 0.1) is 12.2 Å². The number of halogens is 2. The third-order valence-corrected chi connectivity index (χ3v) is 4.37. The molecule has 0 radical (unpaired) electrons. The zero-order valence-electron chi connectivity index (χ0n) is 16.6. The van der Waals surface area contributed by atoms with Crippen LogP contribution in [-0.4, -0.2) is 37.6 Å². The van der Waals surface area contributed by atoms with E-state index in [1.807, 2.05) is 20.8 Å². The quantitative estimate of drug-likeness (QED) is 0.511. The Morgan fingerprint density at radius 1 is 1.24 bits per heavy atom. The molecular weight excluding hydrogens is 386 g/mol. The molecule has 3 rings (SSSR count). The summed E-state index contributed by atoms with van der Waals surface area (Å²) in [4.78, 5) is 4.47. The third-order valence-electron chi connectivity index (χ3n) is 4.37. The van der Waals surface area contributed by atoms with Gasteiger partial charge in [0.25, 0.3) is 0 Å². The Morgan fingerprint density at radius 2 is 2.00 bits per heavy atom. The second-order valence-electron chi connectivity index (χ2n) is 6.37. The molecule has 10 heteroatoms. The maximum atomic E-state index is 12.8. The summed E-state index contributed by atoms with van der Waals surface area (Å²) in [6.45, 7) is 4.20. The lowest BCUT2D eigenvalue weighted by Gasteiger charge is -2.13. The first-order chi connectivity index (χ1) is 14.0. The number of aliphatic imine (C=N–C) groups is 1. The Morgan fingerprint density at radius 3 is 2.66 bits per heavy atom. The minimum Gasteiger partial charge on any atom is -0.454 e. The fraction of sp³-hybridized carbons (Fsp3) is 0.474. The predicted octanol–water partition coefficient (Wildman–Crippen LogP) is 2.92. The van der Waals surface area contributed by atoms with Gasteiger partial charge in [-0.2, -0.15) is 8.78 Å². The lowest BCUT2D eigenvalue weighted by atomic mass is 10.1. The Hall–Kier alpha value is -3.04. The summed E-state index contributed by atoms with van der Waals surface area (Å²) in [5.41, 5.74) is 2.38. The van der Waals surface area contributed by atoms with Crippen molar-refractivity contribution in [1.82, 2.24) is 15.8 Å². The second kappa shape index (κ2) is 9.44. The van der Waals surface area contributed by atoms with E-state index in [0.717, 1.165) is 23.4 Å². The topological polar surface area (TPSA) is 90.1 Å². The molecule has 0 atom stereocenters. The van der Waals surface area contributed by atoms with E-state index in [1.165, 1.54) is 6.07 Å². The largest absolute Gasteiger partial charge is 0.454 e. The highest BCUT2D eigenvalue weighted by Gasteiger charge is 2.20. The highest BCUT2D eigenvalue weighted by atomic mass is 19.3. The number of hydrogen-bond donors (Lipinski definition) is 2. The Bertz CT molecular complexity index is 851. The molecule has 0 spiro atoms. The summed E-state index contributed by atoms with van der Waals surface area (Å²) < 4.78 is 45.9. The summed E-state index contributed by atoms with van der Waals surface area (Å²) in [5, 5.41) is 10.3. The summed E-state index contributed by atoms with van der Waals surface area (Å²) in [6, 6.07) is 3.01. The van der Waals surface area contributed by atoms with Crippen molar-refractivity contribution in [3.05, 3.63) is 34.7 Å². The monoisotopic (exact) mass is 410 g/mol. The molecule has 1 aliphatic heterocycles. The van der Waals surface area contributed by atoms with Crippen molar-refractivity contribution in [3.8, 4) is 17.2 Å². The van der Waals surface area contributed by atoms with Crippen LogP contribution < -0.4 is 24.8 Å². The molecule has 0 unspecified atom stereocenters. The van der Waals surface area contributed by atoms with E-state index in [1.54, 1.807) is 6.07 Å². The number of nitrogens with one attached hydrogen (secondary N) is 2. The Kier molecular flexibility index (Phi) is 6.73. The molecule has 0 aliphatic carbocycles. The molecule has 29 heavy (non-hydrogen) atoms. The summed E-state index contributed by atoms with van der Waals surface area (Å²) in [5.74, 6) is 2.21. The van der Waals surface area contributed by atoms with Gasteiger partial charge in [-0.1, -0.05) is 5.16 Å². The number of alkyl halides is 2. The first-order valence-electron chi connectivity index (χ1n) is 9.29. The number of benzene rings is 1. The van der Waals surface area contributed by atoms with Crippen molar-refractivity contribution >= 4 is 5.96 Å². The van der Waals surface area contributed by atoms with E-state index in [9.17, 15) is 8.78 Å². The van der Waals surface area contributed by atoms with Gasteiger partial charge in [0, 0.05) is 30.3 Å². The number of aromatic nitrogens is 1. The van der Waals surface area contributed by atoms with Gasteiger partial charge in [0.15, 0.2) is 17.5 Å². The molecule has 1 aromatic carbocycles. The maximum Gasteiger partial charge on any atom is 0.387 e. The van der Waals surface area contributed by atoms with Crippen LogP contribution in [0.3, 0.4) is 0 Å². The molecule has 0 saturated carbocycles. The molecule has 1 aliphatic rings. The molecule has 158 valence electrons. The van der Waals surface area contributed by atoms with Crippen molar-refractivity contribution < 1.29 is 27.5 Å². The van der Waals surface area contributed by atoms with Gasteiger partial charge in [0.1, 0.15) is 11.5 Å². The molecule has 0 saturated heterocycles. The smallest absolute Gasteiger partial charge is 0.387 e. The summed E-state index contributed by atoms with van der Waals surface area (Å²) in [7, 11) is 0. The second-order valence-corrected chi connectivity index (χ2v) is 6.37. The van der Waals surface area contributed by atoms with Crippen LogP contribution in [0, 0.1) is 13.8 Å². The van der Waals surface area contributed by atoms with Gasteiger partial charge in [-0.25, -0.2) is 4.99 Å². The van der Waals surface area contributed by atoms with Gasteiger partial charge in [0.2, 0.25) is 6.79 Å². The molecule has 0 fully saturated rings. The van der Waals surface area contributed by atoms with Crippen LogP contribution in [0.4, 0.5) is 8.78 Å². The van der Waals surface area contributed by atoms with Crippen molar-refractivity contribution in [1.29, 1.82) is 0 Å². The average Bonchev–Trinajstić information content (AvgIpc) is 3.25. The highest BCUT2D eigenvalue weighted by Crippen LogP contribution is 2.39. The van der Waals surface area contributed by atoms with Gasteiger partial charge >= 0.3 is 6.61 Å². The van der Waals surface area contributed by atoms with E-state index < -0.39 is 6.61 Å². The van der Waals surface area contributed by atoms with Crippen molar-refractivity contribution in [2.24, 2.45) is 4.99 Å². The lowest BCUT2D eigenvalue weighted by Crippen LogP contribution is -2.38. The van der Waals surface area contributed by atoms with Crippen molar-refractivity contribution in [3.63, 3.8) is 0 Å². The first kappa shape index (κ1) is 20.7. The minimum atomic E-state index is -2.94. The van der Waals surface area contributed by atoms with Gasteiger partial charge < -0.3 is 29.4 Å². The van der Waals surface area contributed by atoms with Crippen molar-refractivity contribution in [2.45, 2.75) is 40.3 Å². The molecule has 8 nitrogen and oxygen atoms in total. The molecule has 0 bridgehead atoms. The molecule has 2 heterocycles. The molecule has 2 N–H and O–H groups in total.